The Morgan fingerprint density at radius 3 is 2.82 bits per heavy atom. The summed E-state index contributed by atoms with van der Waals surface area (Å²) in [7, 11) is 0. The second kappa shape index (κ2) is 5.56. The van der Waals surface area contributed by atoms with Gasteiger partial charge in [-0.2, -0.15) is 5.26 Å². The molecule has 2 aromatic rings. The molecule has 0 fully saturated rings. The summed E-state index contributed by atoms with van der Waals surface area (Å²) in [5, 5.41) is 12.2. The van der Waals surface area contributed by atoms with E-state index < -0.39 is 0 Å². The van der Waals surface area contributed by atoms with E-state index in [2.05, 4.69) is 49.9 Å². The highest BCUT2D eigenvalue weighted by atomic mass is 127. The molecule has 1 N–H and O–H groups in total. The van der Waals surface area contributed by atoms with Crippen molar-refractivity contribution in [3.8, 4) is 6.07 Å². The van der Waals surface area contributed by atoms with Gasteiger partial charge in [0.2, 0.25) is 0 Å². The first-order chi connectivity index (χ1) is 8.19. The van der Waals surface area contributed by atoms with E-state index in [9.17, 15) is 0 Å². The highest BCUT2D eigenvalue weighted by Crippen LogP contribution is 2.21. The van der Waals surface area contributed by atoms with Crippen LogP contribution in [0.4, 0.5) is 5.69 Å². The SMILES string of the molecule is N#Cc1ccc(Br)cc1NCc1ccc(I)o1. The Morgan fingerprint density at radius 2 is 2.18 bits per heavy atom. The second-order valence-electron chi connectivity index (χ2n) is 3.36. The lowest BCUT2D eigenvalue weighted by molar-refractivity contribution is 0.493. The van der Waals surface area contributed by atoms with E-state index in [-0.39, 0.29) is 0 Å². The smallest absolute Gasteiger partial charge is 0.164 e. The zero-order valence-electron chi connectivity index (χ0n) is 8.71. The molecular formula is C12H8BrIN2O. The van der Waals surface area contributed by atoms with E-state index in [4.69, 9.17) is 9.68 Å². The summed E-state index contributed by atoms with van der Waals surface area (Å²) in [6.45, 7) is 0.564. The molecule has 0 atom stereocenters. The maximum Gasteiger partial charge on any atom is 0.164 e. The van der Waals surface area contributed by atoms with Crippen molar-refractivity contribution in [2.75, 3.05) is 5.32 Å². The summed E-state index contributed by atoms with van der Waals surface area (Å²) < 4.78 is 7.23. The van der Waals surface area contributed by atoms with Crippen LogP contribution in [0, 0.1) is 15.1 Å². The lowest BCUT2D eigenvalue weighted by Gasteiger charge is -2.06. The maximum absolute atomic E-state index is 8.98. The minimum absolute atomic E-state index is 0.564. The Labute approximate surface area is 121 Å². The number of nitriles is 1. The van der Waals surface area contributed by atoms with Gasteiger partial charge in [0.1, 0.15) is 11.8 Å². The lowest BCUT2D eigenvalue weighted by atomic mass is 10.2. The molecule has 0 aliphatic carbocycles. The lowest BCUT2D eigenvalue weighted by Crippen LogP contribution is -2.00. The highest BCUT2D eigenvalue weighted by Gasteiger charge is 2.04. The van der Waals surface area contributed by atoms with Gasteiger partial charge in [0.25, 0.3) is 0 Å². The van der Waals surface area contributed by atoms with Crippen molar-refractivity contribution >= 4 is 44.2 Å². The van der Waals surface area contributed by atoms with Crippen molar-refractivity contribution in [3.05, 3.63) is 49.9 Å². The maximum atomic E-state index is 8.98. The molecule has 0 aliphatic heterocycles. The molecule has 0 spiro atoms. The summed E-state index contributed by atoms with van der Waals surface area (Å²) in [6, 6.07) is 11.5. The van der Waals surface area contributed by atoms with Crippen molar-refractivity contribution in [1.82, 2.24) is 0 Å². The number of anilines is 1. The normalized spacial score (nSPS) is 9.94. The third-order valence-corrected chi connectivity index (χ3v) is 3.26. The summed E-state index contributed by atoms with van der Waals surface area (Å²) in [5.41, 5.74) is 1.42. The molecule has 0 saturated heterocycles. The van der Waals surface area contributed by atoms with Crippen molar-refractivity contribution in [2.45, 2.75) is 6.54 Å². The Balaban J connectivity index is 2.13. The first-order valence-corrected chi connectivity index (χ1v) is 6.74. The molecule has 1 heterocycles. The molecule has 0 aliphatic rings. The molecular weight excluding hydrogens is 395 g/mol. The van der Waals surface area contributed by atoms with E-state index in [1.165, 1.54) is 0 Å². The van der Waals surface area contributed by atoms with Gasteiger partial charge < -0.3 is 9.73 Å². The number of nitrogens with zero attached hydrogens (tertiary/aromatic N) is 1. The van der Waals surface area contributed by atoms with Gasteiger partial charge in [-0.05, 0) is 52.9 Å². The van der Waals surface area contributed by atoms with Gasteiger partial charge in [0.15, 0.2) is 3.77 Å². The van der Waals surface area contributed by atoms with Crippen LogP contribution < -0.4 is 5.32 Å². The van der Waals surface area contributed by atoms with Gasteiger partial charge in [-0.3, -0.25) is 0 Å². The third-order valence-electron chi connectivity index (χ3n) is 2.18. The van der Waals surface area contributed by atoms with Crippen LogP contribution in [0.1, 0.15) is 11.3 Å². The largest absolute Gasteiger partial charge is 0.454 e. The predicted molar refractivity (Wildman–Crippen MR) is 77.6 cm³/mol. The second-order valence-corrected chi connectivity index (χ2v) is 5.34. The molecule has 0 bridgehead atoms. The number of furan rings is 1. The summed E-state index contributed by atoms with van der Waals surface area (Å²) in [6.07, 6.45) is 0. The number of hydrogen-bond donors (Lipinski definition) is 1. The fraction of sp³-hybridized carbons (Fsp3) is 0.0833. The Kier molecular flexibility index (Phi) is 4.07. The first-order valence-electron chi connectivity index (χ1n) is 4.87. The summed E-state index contributed by atoms with van der Waals surface area (Å²) >= 11 is 5.50. The van der Waals surface area contributed by atoms with Crippen LogP contribution in [0.15, 0.2) is 39.2 Å². The number of hydrogen-bond acceptors (Lipinski definition) is 3. The van der Waals surface area contributed by atoms with Crippen LogP contribution in [-0.2, 0) is 6.54 Å². The van der Waals surface area contributed by atoms with Crippen molar-refractivity contribution < 1.29 is 4.42 Å². The predicted octanol–water partition coefficient (Wildman–Crippen LogP) is 4.13. The van der Waals surface area contributed by atoms with Crippen LogP contribution in [0.25, 0.3) is 0 Å². The fourth-order valence-electron chi connectivity index (χ4n) is 1.39. The van der Waals surface area contributed by atoms with Gasteiger partial charge in [-0.1, -0.05) is 15.9 Å². The topological polar surface area (TPSA) is 49.0 Å². The van der Waals surface area contributed by atoms with Gasteiger partial charge >= 0.3 is 0 Å². The van der Waals surface area contributed by atoms with E-state index in [1.807, 2.05) is 24.3 Å². The number of halogens is 2. The fourth-order valence-corrected chi connectivity index (χ4v) is 2.21. The molecule has 86 valence electrons. The first kappa shape index (κ1) is 12.5. The number of rotatable bonds is 3. The average Bonchev–Trinajstić information content (AvgIpc) is 2.73. The van der Waals surface area contributed by atoms with Gasteiger partial charge in [-0.25, -0.2) is 0 Å². The van der Waals surface area contributed by atoms with E-state index >= 15 is 0 Å². The molecule has 17 heavy (non-hydrogen) atoms. The molecule has 0 radical (unpaired) electrons. The Hall–Kier alpha value is -1.000. The summed E-state index contributed by atoms with van der Waals surface area (Å²) in [5.74, 6) is 0.846. The monoisotopic (exact) mass is 402 g/mol. The molecule has 2 rings (SSSR count). The van der Waals surface area contributed by atoms with Crippen LogP contribution in [0.2, 0.25) is 0 Å². The van der Waals surface area contributed by atoms with E-state index in [1.54, 1.807) is 6.07 Å². The van der Waals surface area contributed by atoms with Crippen molar-refractivity contribution in [1.29, 1.82) is 5.26 Å². The van der Waals surface area contributed by atoms with Crippen LogP contribution in [-0.4, -0.2) is 0 Å². The quantitative estimate of drug-likeness (QED) is 0.785. The van der Waals surface area contributed by atoms with Gasteiger partial charge in [-0.15, -0.1) is 0 Å². The van der Waals surface area contributed by atoms with Crippen LogP contribution in [0.3, 0.4) is 0 Å². The Bertz CT molecular complexity index is 574. The Morgan fingerprint density at radius 1 is 1.35 bits per heavy atom. The minimum Gasteiger partial charge on any atom is -0.454 e. The van der Waals surface area contributed by atoms with Crippen molar-refractivity contribution in [3.63, 3.8) is 0 Å². The van der Waals surface area contributed by atoms with Crippen LogP contribution >= 0.6 is 38.5 Å². The van der Waals surface area contributed by atoms with Gasteiger partial charge in [0.05, 0.1) is 17.8 Å². The zero-order chi connectivity index (χ0) is 12.3. The molecule has 5 heteroatoms. The molecule has 1 aromatic carbocycles. The number of benzene rings is 1. The van der Waals surface area contributed by atoms with E-state index in [0.29, 0.717) is 12.1 Å². The molecule has 0 saturated carbocycles. The molecule has 1 aromatic heterocycles. The molecule has 0 unspecified atom stereocenters. The zero-order valence-corrected chi connectivity index (χ0v) is 12.4. The van der Waals surface area contributed by atoms with Crippen molar-refractivity contribution in [2.24, 2.45) is 0 Å². The van der Waals surface area contributed by atoms with Crippen LogP contribution in [0.5, 0.6) is 0 Å². The third kappa shape index (κ3) is 3.23. The molecule has 0 amide bonds. The van der Waals surface area contributed by atoms with Gasteiger partial charge in [0, 0.05) is 4.47 Å². The minimum atomic E-state index is 0.564. The van der Waals surface area contributed by atoms with E-state index in [0.717, 1.165) is 19.7 Å². The number of nitrogens with one attached hydrogen (secondary N) is 1. The average molecular weight is 403 g/mol. The molecule has 3 nitrogen and oxygen atoms in total. The standard InChI is InChI=1S/C12H8BrIN2O/c13-9-2-1-8(6-15)11(5-9)16-7-10-3-4-12(14)17-10/h1-5,16H,7H2. The highest BCUT2D eigenvalue weighted by molar-refractivity contribution is 14.1. The summed E-state index contributed by atoms with van der Waals surface area (Å²) in [4.78, 5) is 0.